The molecule has 0 atom stereocenters. The van der Waals surface area contributed by atoms with E-state index in [1.54, 1.807) is 24.3 Å². The maximum absolute atomic E-state index is 11.2. The molecule has 1 N–H and O–H groups in total. The summed E-state index contributed by atoms with van der Waals surface area (Å²) in [5.41, 5.74) is 0.927. The number of benzene rings is 1. The molecule has 1 aromatic carbocycles. The molecule has 0 saturated carbocycles. The molecule has 2 rings (SSSR count). The van der Waals surface area contributed by atoms with Gasteiger partial charge in [-0.3, -0.25) is 0 Å². The first kappa shape index (κ1) is 13.8. The van der Waals surface area contributed by atoms with E-state index in [2.05, 4.69) is 20.9 Å². The molecule has 0 bridgehead atoms. The summed E-state index contributed by atoms with van der Waals surface area (Å²) in [5, 5.41) is 9.61. The Hall–Kier alpha value is -1.59. The zero-order valence-electron chi connectivity index (χ0n) is 9.85. The molecule has 2 aromatic rings. The minimum atomic E-state index is -1.05. The topological polar surface area (TPSA) is 59.4 Å². The molecule has 6 heteroatoms. The van der Waals surface area contributed by atoms with Crippen molar-refractivity contribution in [1.29, 1.82) is 0 Å². The summed E-state index contributed by atoms with van der Waals surface area (Å²) in [4.78, 5) is 15.2. The second-order valence-corrected chi connectivity index (χ2v) is 5.14. The molecular weight excluding hydrogens is 334 g/mol. The number of aromatic nitrogens is 1. The quantitative estimate of drug-likeness (QED) is 0.903. The van der Waals surface area contributed by atoms with Crippen molar-refractivity contribution < 1.29 is 14.6 Å². The van der Waals surface area contributed by atoms with Gasteiger partial charge in [0, 0.05) is 6.20 Å². The summed E-state index contributed by atoms with van der Waals surface area (Å²) < 4.78 is 6.07. The van der Waals surface area contributed by atoms with Crippen molar-refractivity contribution in [3.05, 3.63) is 51.1 Å². The lowest BCUT2D eigenvalue weighted by Crippen LogP contribution is -2.01. The van der Waals surface area contributed by atoms with Gasteiger partial charge in [-0.25, -0.2) is 9.78 Å². The Morgan fingerprint density at radius 3 is 2.79 bits per heavy atom. The molecule has 0 unspecified atom stereocenters. The van der Waals surface area contributed by atoms with E-state index in [0.29, 0.717) is 9.50 Å². The highest BCUT2D eigenvalue weighted by molar-refractivity contribution is 9.10. The number of aromatic carboxylic acids is 1. The van der Waals surface area contributed by atoms with E-state index in [1.165, 1.54) is 6.20 Å². The standard InChI is InChI=1S/C13H9BrClNO3/c1-7-2-3-11(9(4-7)13(17)18)19-12-10(14)5-8(15)6-16-12/h2-6H,1H3,(H,17,18). The Bertz CT molecular complexity index is 646. The first-order valence-electron chi connectivity index (χ1n) is 5.30. The molecule has 19 heavy (non-hydrogen) atoms. The third kappa shape index (κ3) is 3.24. The predicted molar refractivity (Wildman–Crippen MR) is 75.2 cm³/mol. The van der Waals surface area contributed by atoms with Gasteiger partial charge in [-0.05, 0) is 41.1 Å². The zero-order chi connectivity index (χ0) is 14.0. The van der Waals surface area contributed by atoms with Crippen LogP contribution in [-0.2, 0) is 0 Å². The first-order valence-corrected chi connectivity index (χ1v) is 6.47. The third-order valence-electron chi connectivity index (χ3n) is 2.35. The zero-order valence-corrected chi connectivity index (χ0v) is 12.2. The second-order valence-electron chi connectivity index (χ2n) is 3.85. The number of ether oxygens (including phenoxy) is 1. The third-order valence-corrected chi connectivity index (χ3v) is 3.12. The summed E-state index contributed by atoms with van der Waals surface area (Å²) in [5.74, 6) is -0.562. The second kappa shape index (κ2) is 5.59. The van der Waals surface area contributed by atoms with Crippen molar-refractivity contribution in [2.45, 2.75) is 6.92 Å². The van der Waals surface area contributed by atoms with E-state index in [4.69, 9.17) is 21.4 Å². The predicted octanol–water partition coefficient (Wildman–Crippen LogP) is 4.30. The van der Waals surface area contributed by atoms with Gasteiger partial charge in [0.2, 0.25) is 5.88 Å². The van der Waals surface area contributed by atoms with Crippen LogP contribution in [0, 0.1) is 6.92 Å². The Labute approximate surface area is 123 Å². The van der Waals surface area contributed by atoms with Crippen LogP contribution in [0.3, 0.4) is 0 Å². The van der Waals surface area contributed by atoms with E-state index in [1.807, 2.05) is 6.92 Å². The lowest BCUT2D eigenvalue weighted by molar-refractivity contribution is 0.0694. The van der Waals surface area contributed by atoms with Gasteiger partial charge < -0.3 is 9.84 Å². The molecule has 0 amide bonds. The smallest absolute Gasteiger partial charge is 0.339 e. The van der Waals surface area contributed by atoms with Crippen molar-refractivity contribution in [3.63, 3.8) is 0 Å². The summed E-state index contributed by atoms with van der Waals surface area (Å²) in [6, 6.07) is 6.53. The number of aryl methyl sites for hydroxylation is 1. The molecule has 98 valence electrons. The molecule has 4 nitrogen and oxygen atoms in total. The highest BCUT2D eigenvalue weighted by Gasteiger charge is 2.14. The van der Waals surface area contributed by atoms with Crippen LogP contribution in [0.25, 0.3) is 0 Å². The van der Waals surface area contributed by atoms with Crippen molar-refractivity contribution in [2.24, 2.45) is 0 Å². The molecule has 1 aromatic heterocycles. The van der Waals surface area contributed by atoms with Crippen molar-refractivity contribution in [1.82, 2.24) is 4.98 Å². The largest absolute Gasteiger partial charge is 0.478 e. The molecular formula is C13H9BrClNO3. The number of carboxylic acids is 1. The Morgan fingerprint density at radius 1 is 1.42 bits per heavy atom. The van der Waals surface area contributed by atoms with Crippen LogP contribution in [0.4, 0.5) is 0 Å². The molecule has 0 radical (unpaired) electrons. The summed E-state index contributed by atoms with van der Waals surface area (Å²) >= 11 is 9.04. The monoisotopic (exact) mass is 341 g/mol. The average molecular weight is 343 g/mol. The van der Waals surface area contributed by atoms with Crippen LogP contribution in [0.2, 0.25) is 5.02 Å². The molecule has 0 fully saturated rings. The van der Waals surface area contributed by atoms with Gasteiger partial charge in [0.1, 0.15) is 11.3 Å². The summed E-state index contributed by atoms with van der Waals surface area (Å²) in [7, 11) is 0. The van der Waals surface area contributed by atoms with Crippen molar-refractivity contribution in [2.75, 3.05) is 0 Å². The van der Waals surface area contributed by atoms with Crippen LogP contribution >= 0.6 is 27.5 Å². The van der Waals surface area contributed by atoms with Gasteiger partial charge in [0.25, 0.3) is 0 Å². The first-order chi connectivity index (χ1) is 8.97. The Balaban J connectivity index is 2.40. The number of nitrogens with zero attached hydrogens (tertiary/aromatic N) is 1. The molecule has 0 aliphatic rings. The summed E-state index contributed by atoms with van der Waals surface area (Å²) in [6.07, 6.45) is 1.43. The lowest BCUT2D eigenvalue weighted by atomic mass is 10.1. The fourth-order valence-electron chi connectivity index (χ4n) is 1.48. The molecule has 0 aliphatic heterocycles. The van der Waals surface area contributed by atoms with E-state index >= 15 is 0 Å². The molecule has 0 aliphatic carbocycles. The van der Waals surface area contributed by atoms with Gasteiger partial charge in [-0.15, -0.1) is 0 Å². The average Bonchev–Trinajstić information content (AvgIpc) is 2.34. The normalized spacial score (nSPS) is 10.3. The fraction of sp³-hybridized carbons (Fsp3) is 0.0769. The minimum Gasteiger partial charge on any atom is -0.478 e. The maximum atomic E-state index is 11.2. The maximum Gasteiger partial charge on any atom is 0.339 e. The number of carboxylic acid groups (broad SMARTS) is 1. The van der Waals surface area contributed by atoms with Crippen LogP contribution in [0.5, 0.6) is 11.6 Å². The van der Waals surface area contributed by atoms with Gasteiger partial charge in [0.05, 0.1) is 9.50 Å². The molecule has 1 heterocycles. The Morgan fingerprint density at radius 2 is 2.16 bits per heavy atom. The van der Waals surface area contributed by atoms with E-state index in [9.17, 15) is 4.79 Å². The van der Waals surface area contributed by atoms with Crippen LogP contribution in [-0.4, -0.2) is 16.1 Å². The van der Waals surface area contributed by atoms with E-state index in [0.717, 1.165) is 5.56 Å². The highest BCUT2D eigenvalue weighted by Crippen LogP contribution is 2.31. The molecule has 0 spiro atoms. The van der Waals surface area contributed by atoms with Gasteiger partial charge >= 0.3 is 5.97 Å². The van der Waals surface area contributed by atoms with Crippen molar-refractivity contribution in [3.8, 4) is 11.6 Å². The number of halogens is 2. The number of hydrogen-bond donors (Lipinski definition) is 1. The lowest BCUT2D eigenvalue weighted by Gasteiger charge is -2.10. The summed E-state index contributed by atoms with van der Waals surface area (Å²) in [6.45, 7) is 1.81. The number of rotatable bonds is 3. The van der Waals surface area contributed by atoms with Crippen molar-refractivity contribution >= 4 is 33.5 Å². The number of pyridine rings is 1. The molecule has 0 saturated heterocycles. The Kier molecular flexibility index (Phi) is 4.07. The fourth-order valence-corrected chi connectivity index (χ4v) is 2.20. The van der Waals surface area contributed by atoms with Gasteiger partial charge in [0.15, 0.2) is 0 Å². The number of hydrogen-bond acceptors (Lipinski definition) is 3. The van der Waals surface area contributed by atoms with E-state index in [-0.39, 0.29) is 17.2 Å². The van der Waals surface area contributed by atoms with E-state index < -0.39 is 5.97 Å². The minimum absolute atomic E-state index is 0.0867. The SMILES string of the molecule is Cc1ccc(Oc2ncc(Cl)cc2Br)c(C(=O)O)c1. The van der Waals surface area contributed by atoms with Gasteiger partial charge in [-0.2, -0.15) is 0 Å². The number of carbonyl (C=O) groups is 1. The van der Waals surface area contributed by atoms with Crippen LogP contribution in [0.15, 0.2) is 34.9 Å². The van der Waals surface area contributed by atoms with Crippen LogP contribution in [0.1, 0.15) is 15.9 Å². The van der Waals surface area contributed by atoms with Gasteiger partial charge in [-0.1, -0.05) is 23.2 Å². The highest BCUT2D eigenvalue weighted by atomic mass is 79.9. The van der Waals surface area contributed by atoms with Crippen LogP contribution < -0.4 is 4.74 Å².